The highest BCUT2D eigenvalue weighted by Crippen LogP contribution is 2.55. The standard InChI is InChI=1S/C21H33N3O/c1-2-25-20-15-19(21(20)9-3-4-10-21)23-18-7-13-24(14-8-18)16-17-5-11-22-12-6-17/h5-6,11-12,18-20,23H,2-4,7-10,13-16H2,1H3/t19-,20-/m0/s1. The molecule has 3 aliphatic rings. The van der Waals surface area contributed by atoms with Crippen LogP contribution < -0.4 is 5.32 Å². The number of nitrogens with zero attached hydrogens (tertiary/aromatic N) is 2. The van der Waals surface area contributed by atoms with Crippen molar-refractivity contribution in [3.8, 4) is 0 Å². The van der Waals surface area contributed by atoms with Gasteiger partial charge in [-0.05, 0) is 69.8 Å². The zero-order chi connectivity index (χ0) is 17.1. The Morgan fingerprint density at radius 2 is 1.92 bits per heavy atom. The van der Waals surface area contributed by atoms with Crippen LogP contribution in [0.25, 0.3) is 0 Å². The molecule has 1 aromatic rings. The number of aromatic nitrogens is 1. The van der Waals surface area contributed by atoms with Gasteiger partial charge in [-0.2, -0.15) is 0 Å². The predicted molar refractivity (Wildman–Crippen MR) is 100 cm³/mol. The minimum atomic E-state index is 0.462. The summed E-state index contributed by atoms with van der Waals surface area (Å²) in [6, 6.07) is 5.66. The van der Waals surface area contributed by atoms with Crippen molar-refractivity contribution in [2.45, 2.75) is 76.6 Å². The van der Waals surface area contributed by atoms with Gasteiger partial charge < -0.3 is 10.1 Å². The third-order valence-corrected chi connectivity index (χ3v) is 6.87. The topological polar surface area (TPSA) is 37.4 Å². The normalized spacial score (nSPS) is 29.8. The zero-order valence-corrected chi connectivity index (χ0v) is 15.6. The van der Waals surface area contributed by atoms with E-state index in [1.807, 2.05) is 12.4 Å². The number of hydrogen-bond acceptors (Lipinski definition) is 4. The highest BCUT2D eigenvalue weighted by Gasteiger charge is 2.56. The molecule has 3 fully saturated rings. The number of pyridine rings is 1. The molecule has 1 aliphatic heterocycles. The summed E-state index contributed by atoms with van der Waals surface area (Å²) in [6.45, 7) is 6.48. The van der Waals surface area contributed by atoms with E-state index in [0.717, 1.165) is 13.2 Å². The predicted octanol–water partition coefficient (Wildman–Crippen LogP) is 3.37. The van der Waals surface area contributed by atoms with Crippen molar-refractivity contribution in [3.05, 3.63) is 30.1 Å². The van der Waals surface area contributed by atoms with Gasteiger partial charge in [0.05, 0.1) is 6.10 Å². The van der Waals surface area contributed by atoms with Crippen LogP contribution in [0.4, 0.5) is 0 Å². The third-order valence-electron chi connectivity index (χ3n) is 6.87. The second-order valence-electron chi connectivity index (χ2n) is 8.25. The van der Waals surface area contributed by atoms with Crippen molar-refractivity contribution < 1.29 is 4.74 Å². The second-order valence-corrected chi connectivity index (χ2v) is 8.25. The summed E-state index contributed by atoms with van der Waals surface area (Å²) in [7, 11) is 0. The van der Waals surface area contributed by atoms with Crippen LogP contribution >= 0.6 is 0 Å². The van der Waals surface area contributed by atoms with Crippen LogP contribution in [-0.4, -0.2) is 47.8 Å². The lowest BCUT2D eigenvalue weighted by molar-refractivity contribution is -0.133. The van der Waals surface area contributed by atoms with E-state index >= 15 is 0 Å². The van der Waals surface area contributed by atoms with E-state index in [1.54, 1.807) is 0 Å². The molecule has 138 valence electrons. The van der Waals surface area contributed by atoms with Crippen molar-refractivity contribution in [2.24, 2.45) is 5.41 Å². The first-order chi connectivity index (χ1) is 12.3. The number of rotatable bonds is 6. The van der Waals surface area contributed by atoms with Gasteiger partial charge in [-0.1, -0.05) is 12.8 Å². The highest BCUT2D eigenvalue weighted by molar-refractivity contribution is 5.11. The molecule has 25 heavy (non-hydrogen) atoms. The Morgan fingerprint density at radius 3 is 2.60 bits per heavy atom. The van der Waals surface area contributed by atoms with E-state index in [0.29, 0.717) is 23.6 Å². The Labute approximate surface area is 152 Å². The second kappa shape index (κ2) is 7.73. The fourth-order valence-electron chi connectivity index (χ4n) is 5.41. The summed E-state index contributed by atoms with van der Waals surface area (Å²) in [5.74, 6) is 0. The van der Waals surface area contributed by atoms with Gasteiger partial charge in [-0.3, -0.25) is 9.88 Å². The summed E-state index contributed by atoms with van der Waals surface area (Å²) >= 11 is 0. The summed E-state index contributed by atoms with van der Waals surface area (Å²) in [4.78, 5) is 6.70. The number of likely N-dealkylation sites (tertiary alicyclic amines) is 1. The van der Waals surface area contributed by atoms with Gasteiger partial charge in [0.25, 0.3) is 0 Å². The van der Waals surface area contributed by atoms with Crippen LogP contribution in [0.3, 0.4) is 0 Å². The van der Waals surface area contributed by atoms with Gasteiger partial charge in [0.1, 0.15) is 0 Å². The average Bonchev–Trinajstić information content (AvgIpc) is 3.16. The number of nitrogens with one attached hydrogen (secondary N) is 1. The molecule has 1 aromatic heterocycles. The van der Waals surface area contributed by atoms with E-state index < -0.39 is 0 Å². The van der Waals surface area contributed by atoms with Crippen LogP contribution in [0, 0.1) is 5.41 Å². The largest absolute Gasteiger partial charge is 0.378 e. The van der Waals surface area contributed by atoms with Crippen molar-refractivity contribution >= 4 is 0 Å². The first-order valence-corrected chi connectivity index (χ1v) is 10.3. The first-order valence-electron chi connectivity index (χ1n) is 10.3. The molecule has 4 heteroatoms. The fourth-order valence-corrected chi connectivity index (χ4v) is 5.41. The molecule has 1 spiro atoms. The molecule has 4 rings (SSSR count). The van der Waals surface area contributed by atoms with Gasteiger partial charge >= 0.3 is 0 Å². The molecule has 2 heterocycles. The Morgan fingerprint density at radius 1 is 1.20 bits per heavy atom. The molecular weight excluding hydrogens is 310 g/mol. The maximum absolute atomic E-state index is 6.07. The summed E-state index contributed by atoms with van der Waals surface area (Å²) in [6.07, 6.45) is 13.6. The Kier molecular flexibility index (Phi) is 5.39. The molecule has 2 saturated carbocycles. The van der Waals surface area contributed by atoms with Gasteiger partial charge in [-0.15, -0.1) is 0 Å². The lowest BCUT2D eigenvalue weighted by atomic mass is 9.60. The molecule has 1 N–H and O–H groups in total. The molecule has 0 bridgehead atoms. The van der Waals surface area contributed by atoms with E-state index in [9.17, 15) is 0 Å². The van der Waals surface area contributed by atoms with Crippen molar-refractivity contribution in [1.82, 2.24) is 15.2 Å². The number of ether oxygens (including phenoxy) is 1. The first kappa shape index (κ1) is 17.4. The van der Waals surface area contributed by atoms with E-state index in [4.69, 9.17) is 4.74 Å². The van der Waals surface area contributed by atoms with Crippen molar-refractivity contribution in [3.63, 3.8) is 0 Å². The molecule has 0 unspecified atom stereocenters. The van der Waals surface area contributed by atoms with E-state index in [2.05, 4.69) is 34.3 Å². The van der Waals surface area contributed by atoms with E-state index in [-0.39, 0.29) is 0 Å². The quantitative estimate of drug-likeness (QED) is 0.859. The van der Waals surface area contributed by atoms with Gasteiger partial charge in [0.2, 0.25) is 0 Å². The maximum Gasteiger partial charge on any atom is 0.0661 e. The Balaban J connectivity index is 1.26. The lowest BCUT2D eigenvalue weighted by Crippen LogP contribution is -2.65. The molecule has 0 amide bonds. The van der Waals surface area contributed by atoms with Crippen LogP contribution in [0.2, 0.25) is 0 Å². The smallest absolute Gasteiger partial charge is 0.0661 e. The average molecular weight is 344 g/mol. The molecule has 2 aliphatic carbocycles. The van der Waals surface area contributed by atoms with Crippen LogP contribution in [0.5, 0.6) is 0 Å². The van der Waals surface area contributed by atoms with Crippen LogP contribution in [0.15, 0.2) is 24.5 Å². The summed E-state index contributed by atoms with van der Waals surface area (Å²) < 4.78 is 6.07. The number of piperidine rings is 1. The van der Waals surface area contributed by atoms with Crippen LogP contribution in [0.1, 0.15) is 57.4 Å². The monoisotopic (exact) mass is 343 g/mol. The molecule has 0 radical (unpaired) electrons. The third kappa shape index (κ3) is 3.62. The van der Waals surface area contributed by atoms with Gasteiger partial charge in [0, 0.05) is 43.0 Å². The Hall–Kier alpha value is -0.970. The maximum atomic E-state index is 6.07. The molecule has 0 aromatic carbocycles. The Bertz CT molecular complexity index is 535. The highest BCUT2D eigenvalue weighted by atomic mass is 16.5. The minimum Gasteiger partial charge on any atom is -0.378 e. The summed E-state index contributed by atoms with van der Waals surface area (Å²) in [5, 5.41) is 4.04. The molecule has 1 saturated heterocycles. The van der Waals surface area contributed by atoms with Crippen LogP contribution in [-0.2, 0) is 11.3 Å². The molecule has 2 atom stereocenters. The van der Waals surface area contributed by atoms with Gasteiger partial charge in [0.15, 0.2) is 0 Å². The molecular formula is C21H33N3O. The number of hydrogen-bond donors (Lipinski definition) is 1. The lowest BCUT2D eigenvalue weighted by Gasteiger charge is -2.55. The van der Waals surface area contributed by atoms with E-state index in [1.165, 1.54) is 63.6 Å². The minimum absolute atomic E-state index is 0.462. The zero-order valence-electron chi connectivity index (χ0n) is 15.6. The van der Waals surface area contributed by atoms with Crippen molar-refractivity contribution in [1.29, 1.82) is 0 Å². The van der Waals surface area contributed by atoms with Gasteiger partial charge in [-0.25, -0.2) is 0 Å². The fraction of sp³-hybridized carbons (Fsp3) is 0.762. The summed E-state index contributed by atoms with van der Waals surface area (Å²) in [5.41, 5.74) is 1.84. The SMILES string of the molecule is CCO[C@H]1C[C@H](NC2CCN(Cc3ccncc3)CC2)C12CCCC2. The molecule has 4 nitrogen and oxygen atoms in total. The van der Waals surface area contributed by atoms with Crippen molar-refractivity contribution in [2.75, 3.05) is 19.7 Å².